The van der Waals surface area contributed by atoms with Gasteiger partial charge in [0.25, 0.3) is 0 Å². The molecule has 1 aliphatic rings. The Hall–Kier alpha value is -1.30. The molecule has 0 spiro atoms. The fourth-order valence-electron chi connectivity index (χ4n) is 1.78. The van der Waals surface area contributed by atoms with Crippen molar-refractivity contribution in [3.8, 4) is 0 Å². The molecule has 0 unspecified atom stereocenters. The fraction of sp³-hybridized carbons (Fsp3) is 0.444. The first-order valence-corrected chi connectivity index (χ1v) is 6.40. The minimum Gasteiger partial charge on any atom is -0.481 e. The summed E-state index contributed by atoms with van der Waals surface area (Å²) >= 11 is 0. The topological polar surface area (TPSA) is 87.2 Å². The van der Waals surface area contributed by atoms with Gasteiger partial charge >= 0.3 is 5.97 Å². The third-order valence-electron chi connectivity index (χ3n) is 2.44. The van der Waals surface area contributed by atoms with Crippen molar-refractivity contribution in [2.75, 3.05) is 5.75 Å². The first-order chi connectivity index (χ1) is 6.96. The molecular weight excluding hydrogens is 218 g/mol. The maximum atomic E-state index is 11.3. The average molecular weight is 229 g/mol. The second-order valence-corrected chi connectivity index (χ2v) is 5.89. The molecule has 15 heavy (non-hydrogen) atoms. The fourth-order valence-corrected chi connectivity index (χ4v) is 3.15. The lowest BCUT2D eigenvalue weighted by atomic mass is 10.2. The van der Waals surface area contributed by atoms with Gasteiger partial charge in [-0.1, -0.05) is 0 Å². The van der Waals surface area contributed by atoms with Crippen LogP contribution in [0.25, 0.3) is 0 Å². The van der Waals surface area contributed by atoms with Gasteiger partial charge in [-0.2, -0.15) is 0 Å². The lowest BCUT2D eigenvalue weighted by Gasteiger charge is -2.10. The van der Waals surface area contributed by atoms with E-state index >= 15 is 0 Å². The number of sulfone groups is 1. The van der Waals surface area contributed by atoms with Crippen LogP contribution >= 0.6 is 0 Å². The van der Waals surface area contributed by atoms with Gasteiger partial charge in [0.2, 0.25) is 0 Å². The van der Waals surface area contributed by atoms with Crippen molar-refractivity contribution >= 4 is 15.8 Å². The summed E-state index contributed by atoms with van der Waals surface area (Å²) in [7, 11) is -2.99. The van der Waals surface area contributed by atoms with E-state index in [1.807, 2.05) is 0 Å². The molecule has 1 aromatic heterocycles. The van der Waals surface area contributed by atoms with Crippen molar-refractivity contribution in [3.63, 3.8) is 0 Å². The Labute approximate surface area is 87.0 Å². The number of aliphatic carboxylic acids is 1. The van der Waals surface area contributed by atoms with Gasteiger partial charge < -0.3 is 10.1 Å². The van der Waals surface area contributed by atoms with E-state index in [-0.39, 0.29) is 17.9 Å². The third-order valence-corrected chi connectivity index (χ3v) is 3.99. The third kappa shape index (κ3) is 2.20. The van der Waals surface area contributed by atoms with Crippen molar-refractivity contribution < 1.29 is 18.3 Å². The summed E-state index contributed by atoms with van der Waals surface area (Å²) in [5, 5.41) is 8.59. The number of H-pyrrole nitrogens is 1. The van der Waals surface area contributed by atoms with E-state index in [4.69, 9.17) is 5.11 Å². The highest BCUT2D eigenvalue weighted by atomic mass is 32.2. The van der Waals surface area contributed by atoms with Crippen molar-refractivity contribution in [1.29, 1.82) is 0 Å². The Kier molecular flexibility index (Phi) is 2.30. The highest BCUT2D eigenvalue weighted by Gasteiger charge is 2.23. The second-order valence-electron chi connectivity index (χ2n) is 3.71. The van der Waals surface area contributed by atoms with Crippen molar-refractivity contribution in [2.45, 2.75) is 18.6 Å². The van der Waals surface area contributed by atoms with Crippen LogP contribution in [0, 0.1) is 0 Å². The molecule has 0 atom stereocenters. The first-order valence-electron chi connectivity index (χ1n) is 4.58. The predicted octanol–water partition coefficient (Wildman–Crippen LogP) is 0.113. The highest BCUT2D eigenvalue weighted by molar-refractivity contribution is 7.90. The smallest absolute Gasteiger partial charge is 0.309 e. The minimum atomic E-state index is -2.99. The lowest BCUT2D eigenvalue weighted by molar-refractivity contribution is -0.136. The average Bonchev–Trinajstić information content (AvgIpc) is 2.42. The molecule has 2 rings (SSSR count). The number of hydrogen-bond donors (Lipinski definition) is 2. The molecule has 0 radical (unpaired) electrons. The Bertz CT molecular complexity index is 500. The van der Waals surface area contributed by atoms with Crippen LogP contribution in [-0.2, 0) is 33.2 Å². The Morgan fingerprint density at radius 1 is 1.53 bits per heavy atom. The minimum absolute atomic E-state index is 0.00194. The molecule has 2 heterocycles. The van der Waals surface area contributed by atoms with Crippen LogP contribution in [0.3, 0.4) is 0 Å². The number of nitrogens with one attached hydrogen (secondary N) is 1. The molecule has 0 bridgehead atoms. The molecule has 0 aliphatic carbocycles. The van der Waals surface area contributed by atoms with Gasteiger partial charge in [-0.15, -0.1) is 0 Å². The van der Waals surface area contributed by atoms with E-state index in [1.54, 1.807) is 6.07 Å². The van der Waals surface area contributed by atoms with Gasteiger partial charge in [0.1, 0.15) is 0 Å². The molecular formula is C9H11NO4S. The largest absolute Gasteiger partial charge is 0.481 e. The molecule has 0 aromatic carbocycles. The number of aryl methyl sites for hydroxylation is 1. The molecule has 0 saturated heterocycles. The van der Waals surface area contributed by atoms with E-state index in [2.05, 4.69) is 4.98 Å². The number of fused-ring (bicyclic) bond motifs is 1. The summed E-state index contributed by atoms with van der Waals surface area (Å²) in [6.07, 6.45) is 0.390. The summed E-state index contributed by atoms with van der Waals surface area (Å²) in [5.74, 6) is -0.761. The van der Waals surface area contributed by atoms with E-state index in [0.717, 1.165) is 5.56 Å². The number of aromatic amines is 1. The van der Waals surface area contributed by atoms with Crippen LogP contribution in [0.1, 0.15) is 17.0 Å². The van der Waals surface area contributed by atoms with E-state index < -0.39 is 15.8 Å². The number of carboxylic acid groups (broad SMARTS) is 1. The van der Waals surface area contributed by atoms with Gasteiger partial charge in [0, 0.05) is 11.4 Å². The SMILES string of the molecule is O=C(O)Cc1cc2c([nH]1)CS(=O)(=O)CC2. The molecule has 82 valence electrons. The van der Waals surface area contributed by atoms with Crippen LogP contribution in [0.5, 0.6) is 0 Å². The maximum absolute atomic E-state index is 11.3. The monoisotopic (exact) mass is 229 g/mol. The number of hydrogen-bond acceptors (Lipinski definition) is 3. The zero-order valence-corrected chi connectivity index (χ0v) is 8.80. The Morgan fingerprint density at radius 3 is 2.93 bits per heavy atom. The van der Waals surface area contributed by atoms with Gasteiger partial charge in [0.15, 0.2) is 9.84 Å². The van der Waals surface area contributed by atoms with Crippen molar-refractivity contribution in [2.24, 2.45) is 0 Å². The number of carboxylic acids is 1. The standard InChI is InChI=1S/C9H11NO4S/c11-9(12)4-7-3-6-1-2-15(13,14)5-8(6)10-7/h3,10H,1-2,4-5H2,(H,11,12). The van der Waals surface area contributed by atoms with Crippen molar-refractivity contribution in [3.05, 3.63) is 23.0 Å². The van der Waals surface area contributed by atoms with Gasteiger partial charge in [-0.3, -0.25) is 4.79 Å². The van der Waals surface area contributed by atoms with Crippen LogP contribution in [0.2, 0.25) is 0 Å². The number of aromatic nitrogens is 1. The molecule has 0 fully saturated rings. The quantitative estimate of drug-likeness (QED) is 0.753. The van der Waals surface area contributed by atoms with Gasteiger partial charge in [0.05, 0.1) is 17.9 Å². The van der Waals surface area contributed by atoms with Crippen LogP contribution in [-0.4, -0.2) is 30.2 Å². The molecule has 6 heteroatoms. The van der Waals surface area contributed by atoms with E-state index in [9.17, 15) is 13.2 Å². The predicted molar refractivity (Wildman–Crippen MR) is 53.3 cm³/mol. The zero-order chi connectivity index (χ0) is 11.1. The Balaban J connectivity index is 2.29. The lowest BCUT2D eigenvalue weighted by Crippen LogP contribution is -2.18. The molecule has 2 N–H and O–H groups in total. The first kappa shape index (κ1) is 10.2. The van der Waals surface area contributed by atoms with Gasteiger partial charge in [-0.25, -0.2) is 8.42 Å². The summed E-state index contributed by atoms with van der Waals surface area (Å²) in [4.78, 5) is 13.3. The van der Waals surface area contributed by atoms with Crippen LogP contribution in [0.4, 0.5) is 0 Å². The van der Waals surface area contributed by atoms with E-state index in [1.165, 1.54) is 0 Å². The summed E-state index contributed by atoms with van der Waals surface area (Å²) in [6, 6.07) is 1.75. The number of rotatable bonds is 2. The Morgan fingerprint density at radius 2 is 2.27 bits per heavy atom. The molecule has 5 nitrogen and oxygen atoms in total. The molecule has 0 saturated carbocycles. The maximum Gasteiger partial charge on any atom is 0.309 e. The van der Waals surface area contributed by atoms with E-state index in [0.29, 0.717) is 17.8 Å². The number of carbonyl (C=O) groups is 1. The summed E-state index contributed by atoms with van der Waals surface area (Å²) in [5.41, 5.74) is 2.16. The molecule has 1 aliphatic heterocycles. The molecule has 1 aromatic rings. The zero-order valence-electron chi connectivity index (χ0n) is 7.99. The summed E-state index contributed by atoms with van der Waals surface area (Å²) < 4.78 is 22.6. The second kappa shape index (κ2) is 3.37. The molecule has 0 amide bonds. The normalized spacial score (nSPS) is 18.4. The van der Waals surface area contributed by atoms with Crippen LogP contribution in [0.15, 0.2) is 6.07 Å². The van der Waals surface area contributed by atoms with Crippen LogP contribution < -0.4 is 0 Å². The van der Waals surface area contributed by atoms with Crippen molar-refractivity contribution in [1.82, 2.24) is 4.98 Å². The summed E-state index contributed by atoms with van der Waals surface area (Å²) in [6.45, 7) is 0. The van der Waals surface area contributed by atoms with Gasteiger partial charge in [-0.05, 0) is 18.1 Å². The highest BCUT2D eigenvalue weighted by Crippen LogP contribution is 2.21.